The molecule has 2 aromatic rings. The molecule has 0 saturated carbocycles. The molecule has 2 rings (SSSR count). The fourth-order valence-corrected chi connectivity index (χ4v) is 2.45. The van der Waals surface area contributed by atoms with Crippen LogP contribution in [0, 0.1) is 4.77 Å². The van der Waals surface area contributed by atoms with E-state index in [0.29, 0.717) is 10.3 Å². The van der Waals surface area contributed by atoms with Crippen LogP contribution in [0.4, 0.5) is 0 Å². The molecular weight excluding hydrogens is 244 g/mol. The van der Waals surface area contributed by atoms with Crippen molar-refractivity contribution in [3.05, 3.63) is 29.5 Å². The van der Waals surface area contributed by atoms with Crippen LogP contribution >= 0.6 is 12.2 Å². The summed E-state index contributed by atoms with van der Waals surface area (Å²) in [7, 11) is -3.19. The highest BCUT2D eigenvalue weighted by molar-refractivity contribution is 7.90. The molecule has 0 radical (unpaired) electrons. The predicted molar refractivity (Wildman–Crippen MR) is 66.6 cm³/mol. The van der Waals surface area contributed by atoms with Crippen LogP contribution in [0.2, 0.25) is 0 Å². The SMILES string of the molecule is C=Cn1c(=S)[nH]c2cc(S(C)(=O)=O)ccc21. The van der Waals surface area contributed by atoms with Crippen molar-refractivity contribution in [1.29, 1.82) is 0 Å². The Kier molecular flexibility index (Phi) is 2.47. The third-order valence-electron chi connectivity index (χ3n) is 2.30. The average Bonchev–Trinajstić information content (AvgIpc) is 2.50. The summed E-state index contributed by atoms with van der Waals surface area (Å²) in [5.41, 5.74) is 1.50. The minimum atomic E-state index is -3.19. The van der Waals surface area contributed by atoms with Crippen LogP contribution < -0.4 is 0 Å². The van der Waals surface area contributed by atoms with Gasteiger partial charge in [0.15, 0.2) is 14.6 Å². The molecule has 0 fully saturated rings. The van der Waals surface area contributed by atoms with Gasteiger partial charge in [0.2, 0.25) is 0 Å². The largest absolute Gasteiger partial charge is 0.330 e. The molecule has 1 aromatic carbocycles. The van der Waals surface area contributed by atoms with Crippen LogP contribution in [0.3, 0.4) is 0 Å². The predicted octanol–water partition coefficient (Wildman–Crippen LogP) is 2.20. The summed E-state index contributed by atoms with van der Waals surface area (Å²) >= 11 is 5.08. The van der Waals surface area contributed by atoms with Crippen LogP contribution in [-0.2, 0) is 9.84 Å². The molecule has 84 valence electrons. The molecule has 0 aliphatic rings. The number of sulfone groups is 1. The summed E-state index contributed by atoms with van der Waals surface area (Å²) in [6, 6.07) is 4.83. The summed E-state index contributed by atoms with van der Waals surface area (Å²) in [5, 5.41) is 0. The Bertz CT molecular complexity index is 723. The van der Waals surface area contributed by atoms with Crippen molar-refractivity contribution in [2.45, 2.75) is 4.90 Å². The van der Waals surface area contributed by atoms with Gasteiger partial charge in [-0.3, -0.25) is 4.57 Å². The maximum Gasteiger partial charge on any atom is 0.182 e. The topological polar surface area (TPSA) is 54.9 Å². The second kappa shape index (κ2) is 3.57. The van der Waals surface area contributed by atoms with E-state index >= 15 is 0 Å². The number of hydrogen-bond acceptors (Lipinski definition) is 3. The zero-order valence-electron chi connectivity index (χ0n) is 8.60. The summed E-state index contributed by atoms with van der Waals surface area (Å²) in [4.78, 5) is 3.20. The highest BCUT2D eigenvalue weighted by atomic mass is 32.2. The third-order valence-corrected chi connectivity index (χ3v) is 3.71. The summed E-state index contributed by atoms with van der Waals surface area (Å²) < 4.78 is 24.9. The van der Waals surface area contributed by atoms with E-state index in [9.17, 15) is 8.42 Å². The molecule has 0 saturated heterocycles. The molecule has 0 amide bonds. The number of nitrogens with one attached hydrogen (secondary N) is 1. The molecule has 0 spiro atoms. The first kappa shape index (κ1) is 11.1. The quantitative estimate of drug-likeness (QED) is 0.836. The van der Waals surface area contributed by atoms with Crippen LogP contribution in [0.5, 0.6) is 0 Å². The molecule has 0 atom stereocenters. The van der Waals surface area contributed by atoms with Gasteiger partial charge >= 0.3 is 0 Å². The average molecular weight is 254 g/mol. The van der Waals surface area contributed by atoms with Gasteiger partial charge in [0.05, 0.1) is 15.9 Å². The van der Waals surface area contributed by atoms with E-state index in [0.717, 1.165) is 5.52 Å². The van der Waals surface area contributed by atoms with Gasteiger partial charge in [0, 0.05) is 12.5 Å². The van der Waals surface area contributed by atoms with Gasteiger partial charge in [-0.05, 0) is 30.4 Å². The van der Waals surface area contributed by atoms with E-state index < -0.39 is 9.84 Å². The van der Waals surface area contributed by atoms with Crippen LogP contribution in [0.1, 0.15) is 0 Å². The fourth-order valence-electron chi connectivity index (χ4n) is 1.52. The molecule has 0 unspecified atom stereocenters. The zero-order chi connectivity index (χ0) is 11.9. The standard InChI is InChI=1S/C10H10N2O2S2/c1-3-12-9-5-4-7(16(2,13)14)6-8(9)11-10(12)15/h3-6H,1H2,2H3,(H,11,15). The van der Waals surface area contributed by atoms with Gasteiger partial charge in [0.1, 0.15) is 0 Å². The monoisotopic (exact) mass is 254 g/mol. The molecule has 4 nitrogen and oxygen atoms in total. The normalized spacial score (nSPS) is 11.8. The Labute approximate surface area is 98.1 Å². The number of hydrogen-bond donors (Lipinski definition) is 1. The highest BCUT2D eigenvalue weighted by Gasteiger charge is 2.09. The molecule has 6 heteroatoms. The van der Waals surface area contributed by atoms with Crippen molar-refractivity contribution in [3.63, 3.8) is 0 Å². The lowest BCUT2D eigenvalue weighted by Crippen LogP contribution is -1.96. The number of benzene rings is 1. The van der Waals surface area contributed by atoms with Crippen LogP contribution in [0.25, 0.3) is 17.2 Å². The summed E-state index contributed by atoms with van der Waals surface area (Å²) in [6.45, 7) is 3.64. The van der Waals surface area contributed by atoms with Crippen molar-refractivity contribution < 1.29 is 8.42 Å². The van der Waals surface area contributed by atoms with E-state index in [1.165, 1.54) is 6.26 Å². The second-order valence-corrected chi connectivity index (χ2v) is 5.84. The molecule has 0 aliphatic carbocycles. The Morgan fingerprint density at radius 3 is 2.75 bits per heavy atom. The first-order valence-electron chi connectivity index (χ1n) is 4.50. The second-order valence-electron chi connectivity index (χ2n) is 3.43. The molecule has 1 aromatic heterocycles. The maximum atomic E-state index is 11.4. The molecule has 0 aliphatic heterocycles. The van der Waals surface area contributed by atoms with Crippen LogP contribution in [-0.4, -0.2) is 24.2 Å². The molecular formula is C10H10N2O2S2. The smallest absolute Gasteiger partial charge is 0.182 e. The molecule has 0 bridgehead atoms. The maximum absolute atomic E-state index is 11.4. The Balaban J connectivity index is 2.85. The van der Waals surface area contributed by atoms with Gasteiger partial charge in [-0.1, -0.05) is 6.58 Å². The number of fused-ring (bicyclic) bond motifs is 1. The van der Waals surface area contributed by atoms with Crippen molar-refractivity contribution in [2.24, 2.45) is 0 Å². The Morgan fingerprint density at radius 2 is 2.19 bits per heavy atom. The molecule has 1 N–H and O–H groups in total. The van der Waals surface area contributed by atoms with Crippen molar-refractivity contribution in [1.82, 2.24) is 9.55 Å². The van der Waals surface area contributed by atoms with Gasteiger partial charge in [-0.15, -0.1) is 0 Å². The minimum Gasteiger partial charge on any atom is -0.330 e. The summed E-state index contributed by atoms with van der Waals surface area (Å²) in [6.07, 6.45) is 2.76. The number of aromatic nitrogens is 2. The van der Waals surface area contributed by atoms with Gasteiger partial charge < -0.3 is 4.98 Å². The van der Waals surface area contributed by atoms with Gasteiger partial charge in [-0.2, -0.15) is 0 Å². The third kappa shape index (κ3) is 1.70. The molecule has 16 heavy (non-hydrogen) atoms. The van der Waals surface area contributed by atoms with Crippen LogP contribution in [0.15, 0.2) is 29.7 Å². The number of aromatic amines is 1. The van der Waals surface area contributed by atoms with E-state index in [-0.39, 0.29) is 4.90 Å². The van der Waals surface area contributed by atoms with Crippen molar-refractivity contribution in [3.8, 4) is 0 Å². The first-order valence-corrected chi connectivity index (χ1v) is 6.80. The van der Waals surface area contributed by atoms with Gasteiger partial charge in [-0.25, -0.2) is 8.42 Å². The van der Waals surface area contributed by atoms with E-state index in [4.69, 9.17) is 12.2 Å². The van der Waals surface area contributed by atoms with E-state index in [2.05, 4.69) is 11.6 Å². The summed E-state index contributed by atoms with van der Waals surface area (Å²) in [5.74, 6) is 0. The zero-order valence-corrected chi connectivity index (χ0v) is 10.2. The number of nitrogens with zero attached hydrogens (tertiary/aromatic N) is 1. The fraction of sp³-hybridized carbons (Fsp3) is 0.100. The lowest BCUT2D eigenvalue weighted by atomic mass is 10.3. The molecule has 1 heterocycles. The Hall–Kier alpha value is -1.40. The highest BCUT2D eigenvalue weighted by Crippen LogP contribution is 2.19. The van der Waals surface area contributed by atoms with E-state index in [1.54, 1.807) is 29.0 Å². The lowest BCUT2D eigenvalue weighted by molar-refractivity contribution is 0.602. The lowest BCUT2D eigenvalue weighted by Gasteiger charge is -1.99. The van der Waals surface area contributed by atoms with Crippen molar-refractivity contribution in [2.75, 3.05) is 6.26 Å². The Morgan fingerprint density at radius 1 is 1.50 bits per heavy atom. The van der Waals surface area contributed by atoms with Crippen molar-refractivity contribution >= 4 is 39.3 Å². The van der Waals surface area contributed by atoms with E-state index in [1.807, 2.05) is 0 Å². The first-order chi connectivity index (χ1) is 7.43. The number of H-pyrrole nitrogens is 1. The number of rotatable bonds is 2. The minimum absolute atomic E-state index is 0.271. The number of imidazole rings is 1. The van der Waals surface area contributed by atoms with Gasteiger partial charge in [0.25, 0.3) is 0 Å².